The number of hydrogen-bond donors (Lipinski definition) is 0. The Bertz CT molecular complexity index is 6410. The zero-order chi connectivity index (χ0) is 86.6. The van der Waals surface area contributed by atoms with Gasteiger partial charge in [-0.3, -0.25) is 0 Å². The number of rotatable bonds is 36. The molecule has 10 heterocycles. The standard InChI is InChI=1S/C104H112N16O6.2Mg/c1-13-25-37-61(19-7)121-83-53-77-79(55-85(83)123-63(21-9)39-27-15-3)101-116-99(77)114-97-75-51-59-49-73-74(96-111-94-72-48-36-34-46-70(72)92(109-94)107-90-68-44-32-31-43-67(68)89(105-90)106-91-69-45-33-35-47-71(69)93(108-91)110-95(73)112-96)50-60(59)52-76(75)98(113-97)115-100-78-54-84(122-62(20-8)38-26-14-2)86(124-64(22-10)40-28-16-4)56-80(78)102(117-100)119-104-82-58-88(126-66(24-12)42-30-18-6)87(57-81(82)103(118-101)120-104)125-65(23-11)41-29-17-5;;/h31-36,43-58,61-66H,13-30,37-42H2,1-12H3;;/q-4;2*+2. The SMILES string of the molecule is CCCCC(CC)Oc1cc2c(cc1OC(CC)CCCC)-c1nc-2nc2[n-]c(nc3nc(nc4[n-]c(n1)c1cc5cc6c(cc5cc41)-c1nc-6nc4[n-]c(nc5nc(nc6[n-]c(n1)c1ccccc61)-c1ccccc1-5)c1ccccc41)-c1cc(OC(CC)CCCC)c(OC(CC)CCCC)cc1-3)c1cc(OC(CC)CCCC)c(OC(CC)CCCC)cc21.[Mg+2].[Mg+2]. The predicted octanol–water partition coefficient (Wildman–Crippen LogP) is 25.0. The minimum atomic E-state index is -0.100. The summed E-state index contributed by atoms with van der Waals surface area (Å²) >= 11 is 0. The molecule has 0 saturated carbocycles. The Morgan fingerprint density at radius 3 is 0.617 bits per heavy atom. The molecule has 0 N–H and O–H groups in total. The molecule has 4 aliphatic heterocycles. The van der Waals surface area contributed by atoms with Crippen LogP contribution >= 0.6 is 0 Å². The van der Waals surface area contributed by atoms with E-state index in [0.717, 1.165) is 209 Å². The molecular weight excluding hydrogens is 1620 g/mol. The number of unbranched alkanes of at least 4 members (excludes halogenated alkanes) is 6. The molecule has 6 aromatic heterocycles. The summed E-state index contributed by atoms with van der Waals surface area (Å²) in [6.07, 6.45) is 21.7. The smallest absolute Gasteiger partial charge is 0.487 e. The van der Waals surface area contributed by atoms with Crippen LogP contribution in [0.15, 0.2) is 133 Å². The first kappa shape index (κ1) is 90.4. The molecule has 22 nitrogen and oxygen atoms in total. The van der Waals surface area contributed by atoms with Gasteiger partial charge in [-0.05, 0) is 192 Å². The van der Waals surface area contributed by atoms with Crippen molar-refractivity contribution in [3.8, 4) is 126 Å². The van der Waals surface area contributed by atoms with Crippen molar-refractivity contribution in [2.45, 2.75) is 274 Å². The maximum absolute atomic E-state index is 7.25. The first-order valence-electron chi connectivity index (χ1n) is 46.7. The Morgan fingerprint density at radius 1 is 0.211 bits per heavy atom. The van der Waals surface area contributed by atoms with Gasteiger partial charge in [0.2, 0.25) is 0 Å². The Hall–Kier alpha value is -10.9. The summed E-state index contributed by atoms with van der Waals surface area (Å²) in [5.41, 5.74) is 9.13. The molecule has 4 aliphatic rings. The summed E-state index contributed by atoms with van der Waals surface area (Å²) in [6, 6.07) is 44.9. The van der Waals surface area contributed by atoms with E-state index in [9.17, 15) is 0 Å². The number of ether oxygens (including phenoxy) is 6. The van der Waals surface area contributed by atoms with Gasteiger partial charge in [0.15, 0.2) is 34.5 Å². The monoisotopic (exact) mass is 1730 g/mol. The topological polar surface area (TPSA) is 266 Å². The fourth-order valence-corrected chi connectivity index (χ4v) is 17.7. The van der Waals surface area contributed by atoms with E-state index in [0.29, 0.717) is 170 Å². The molecule has 0 aliphatic carbocycles. The average molecular weight is 1730 g/mol. The second kappa shape index (κ2) is 40.4. The Morgan fingerprint density at radius 2 is 0.398 bits per heavy atom. The fraction of sp³-hybridized carbons (Fsp3) is 0.404. The Kier molecular flexibility index (Phi) is 28.5. The van der Waals surface area contributed by atoms with Crippen molar-refractivity contribution in [1.82, 2.24) is 79.7 Å². The quantitative estimate of drug-likeness (QED) is 0.0330. The second-order valence-electron chi connectivity index (χ2n) is 34.0. The zero-order valence-corrected chi connectivity index (χ0v) is 79.0. The van der Waals surface area contributed by atoms with Gasteiger partial charge in [0, 0.05) is 89.7 Å². The molecule has 14 aromatic rings. The Labute approximate surface area is 780 Å². The van der Waals surface area contributed by atoms with E-state index in [1.54, 1.807) is 0 Å². The number of nitrogens with zero attached hydrogens (tertiary/aromatic N) is 16. The molecule has 0 amide bonds. The Balaban J connectivity index is 0.00000601. The van der Waals surface area contributed by atoms with Crippen molar-refractivity contribution in [2.75, 3.05) is 0 Å². The van der Waals surface area contributed by atoms with Crippen LogP contribution in [0.5, 0.6) is 34.5 Å². The summed E-state index contributed by atoms with van der Waals surface area (Å²) in [4.78, 5) is 87.5. The number of hydrogen-bond acceptors (Lipinski definition) is 18. The molecule has 18 rings (SSSR count). The molecule has 16 bridgehead atoms. The average Bonchev–Trinajstić information content (AvgIpc) is 1.59. The summed E-state index contributed by atoms with van der Waals surface area (Å²) < 4.78 is 43.4. The maximum atomic E-state index is 7.25. The van der Waals surface area contributed by atoms with Crippen molar-refractivity contribution in [3.05, 3.63) is 133 Å². The van der Waals surface area contributed by atoms with E-state index in [4.69, 9.17) is 108 Å². The van der Waals surface area contributed by atoms with E-state index >= 15 is 0 Å². The zero-order valence-electron chi connectivity index (χ0n) is 76.2. The van der Waals surface area contributed by atoms with Crippen LogP contribution in [0, 0.1) is 0 Å². The molecule has 6 unspecified atom stereocenters. The predicted molar refractivity (Wildman–Crippen MR) is 516 cm³/mol. The summed E-state index contributed by atoms with van der Waals surface area (Å²) in [5.74, 6) is 6.89. The fourth-order valence-electron chi connectivity index (χ4n) is 17.7. The molecule has 0 spiro atoms. The third-order valence-electron chi connectivity index (χ3n) is 25.2. The third-order valence-corrected chi connectivity index (χ3v) is 25.2. The first-order chi connectivity index (χ1) is 61.8. The van der Waals surface area contributed by atoms with E-state index in [1.165, 1.54) is 0 Å². The molecule has 0 saturated heterocycles. The van der Waals surface area contributed by atoms with Crippen LogP contribution in [0.25, 0.3) is 190 Å². The third kappa shape index (κ3) is 18.3. The molecular formula is C104H112Mg2N16O6. The number of aromatic nitrogens is 16. The summed E-state index contributed by atoms with van der Waals surface area (Å²) in [5, 5.41) is 7.66. The van der Waals surface area contributed by atoms with Crippen LogP contribution in [-0.4, -0.2) is 143 Å². The van der Waals surface area contributed by atoms with Crippen molar-refractivity contribution < 1.29 is 28.4 Å². The molecule has 648 valence electrons. The molecule has 24 heteroatoms. The molecule has 128 heavy (non-hydrogen) atoms. The van der Waals surface area contributed by atoms with Crippen molar-refractivity contribution in [3.63, 3.8) is 0 Å². The number of fused-ring (bicyclic) bond motifs is 41. The summed E-state index contributed by atoms with van der Waals surface area (Å²) in [6.45, 7) is 26.5. The van der Waals surface area contributed by atoms with Crippen LogP contribution in [0.1, 0.15) is 237 Å². The van der Waals surface area contributed by atoms with Crippen molar-refractivity contribution in [2.24, 2.45) is 0 Å². The van der Waals surface area contributed by atoms with Crippen molar-refractivity contribution in [1.29, 1.82) is 0 Å². The largest absolute Gasteiger partial charge is 2.00 e. The van der Waals surface area contributed by atoms with E-state index in [1.807, 2.05) is 72.8 Å². The van der Waals surface area contributed by atoms with Gasteiger partial charge in [0.25, 0.3) is 0 Å². The maximum Gasteiger partial charge on any atom is 2.00 e. The summed E-state index contributed by atoms with van der Waals surface area (Å²) in [7, 11) is 0. The second-order valence-corrected chi connectivity index (χ2v) is 34.0. The molecule has 8 aromatic carbocycles. The van der Waals surface area contributed by atoms with Gasteiger partial charge in [-0.1, -0.05) is 233 Å². The normalized spacial score (nSPS) is 13.4. The van der Waals surface area contributed by atoms with Crippen LogP contribution < -0.4 is 48.4 Å². The van der Waals surface area contributed by atoms with E-state index < -0.39 is 0 Å². The van der Waals surface area contributed by atoms with Gasteiger partial charge in [0.1, 0.15) is 0 Å². The van der Waals surface area contributed by atoms with E-state index in [-0.39, 0.29) is 82.7 Å². The van der Waals surface area contributed by atoms with Crippen LogP contribution in [0.2, 0.25) is 0 Å². The van der Waals surface area contributed by atoms with Crippen molar-refractivity contribution >= 4 is 145 Å². The van der Waals surface area contributed by atoms with E-state index in [2.05, 4.69) is 144 Å². The molecule has 0 fully saturated rings. The van der Waals surface area contributed by atoms with Crippen LogP contribution in [-0.2, 0) is 0 Å². The van der Waals surface area contributed by atoms with Gasteiger partial charge < -0.3 is 88.2 Å². The van der Waals surface area contributed by atoms with Gasteiger partial charge >= 0.3 is 46.1 Å². The first-order valence-corrected chi connectivity index (χ1v) is 46.7. The molecule has 6 atom stereocenters. The van der Waals surface area contributed by atoms with Crippen LogP contribution in [0.3, 0.4) is 0 Å². The van der Waals surface area contributed by atoms with Gasteiger partial charge in [0.05, 0.1) is 83.2 Å². The number of benzene rings is 8. The van der Waals surface area contributed by atoms with Gasteiger partial charge in [-0.25, -0.2) is 19.9 Å². The minimum absolute atomic E-state index is 0. The van der Waals surface area contributed by atoms with Crippen LogP contribution in [0.4, 0.5) is 0 Å². The molecule has 0 radical (unpaired) electrons. The van der Waals surface area contributed by atoms with Gasteiger partial charge in [-0.15, -0.1) is 0 Å². The van der Waals surface area contributed by atoms with Gasteiger partial charge in [-0.2, -0.15) is 0 Å². The minimum Gasteiger partial charge on any atom is -0.487 e.